The summed E-state index contributed by atoms with van der Waals surface area (Å²) >= 11 is 0. The van der Waals surface area contributed by atoms with Crippen LogP contribution in [0.3, 0.4) is 0 Å². The molecule has 90 valence electrons. The van der Waals surface area contributed by atoms with Crippen molar-refractivity contribution in [3.05, 3.63) is 28.8 Å². The molecule has 0 aliphatic rings. The number of halogens is 1. The zero-order valence-corrected chi connectivity index (χ0v) is 10.5. The molecule has 0 saturated heterocycles. The average Bonchev–Trinajstić information content (AvgIpc) is 2.24. The van der Waals surface area contributed by atoms with Crippen LogP contribution in [0, 0.1) is 13.8 Å². The molecule has 0 fully saturated rings. The van der Waals surface area contributed by atoms with E-state index in [2.05, 4.69) is 32.9 Å². The Hall–Kier alpha value is -1.05. The average molecular weight is 224 g/mol. The van der Waals surface area contributed by atoms with Crippen LogP contribution >= 0.6 is 0 Å². The lowest BCUT2D eigenvalue weighted by Crippen LogP contribution is -2.02. The zero-order valence-electron chi connectivity index (χ0n) is 10.5. The highest BCUT2D eigenvalue weighted by Gasteiger charge is 2.08. The van der Waals surface area contributed by atoms with E-state index in [4.69, 9.17) is 4.74 Å². The lowest BCUT2D eigenvalue weighted by atomic mass is 10.0. The maximum atomic E-state index is 12.2. The zero-order chi connectivity index (χ0) is 12.0. The van der Waals surface area contributed by atoms with Crippen LogP contribution < -0.4 is 4.74 Å². The first-order chi connectivity index (χ1) is 7.69. The van der Waals surface area contributed by atoms with E-state index in [-0.39, 0.29) is 6.67 Å². The molecule has 0 bridgehead atoms. The van der Waals surface area contributed by atoms with Crippen LogP contribution in [0.1, 0.15) is 36.5 Å². The van der Waals surface area contributed by atoms with E-state index in [0.717, 1.165) is 36.3 Å². The van der Waals surface area contributed by atoms with Crippen LogP contribution in [0.2, 0.25) is 0 Å². The third-order valence-corrected chi connectivity index (χ3v) is 2.53. The lowest BCUT2D eigenvalue weighted by molar-refractivity contribution is 0.311. The Morgan fingerprint density at radius 1 is 1.25 bits per heavy atom. The fourth-order valence-electron chi connectivity index (χ4n) is 1.90. The SMILES string of the molecule is CCCOc1c(C)cc(C)cc1CCCF. The minimum atomic E-state index is -0.264. The third-order valence-electron chi connectivity index (χ3n) is 2.53. The van der Waals surface area contributed by atoms with Gasteiger partial charge in [0.25, 0.3) is 0 Å². The molecule has 0 saturated carbocycles. The molecule has 0 heterocycles. The Labute approximate surface area is 97.6 Å². The fraction of sp³-hybridized carbons (Fsp3) is 0.571. The summed E-state index contributed by atoms with van der Waals surface area (Å²) < 4.78 is 18.0. The van der Waals surface area contributed by atoms with Gasteiger partial charge >= 0.3 is 0 Å². The molecule has 0 atom stereocenters. The summed E-state index contributed by atoms with van der Waals surface area (Å²) in [5.41, 5.74) is 3.51. The van der Waals surface area contributed by atoms with E-state index >= 15 is 0 Å². The second-order valence-electron chi connectivity index (χ2n) is 4.21. The van der Waals surface area contributed by atoms with Crippen LogP contribution in [-0.4, -0.2) is 13.3 Å². The number of benzene rings is 1. The molecule has 0 unspecified atom stereocenters. The van der Waals surface area contributed by atoms with Gasteiger partial charge in [0.15, 0.2) is 0 Å². The van der Waals surface area contributed by atoms with Gasteiger partial charge < -0.3 is 4.74 Å². The highest BCUT2D eigenvalue weighted by atomic mass is 19.1. The predicted octanol–water partition coefficient (Wildman–Crippen LogP) is 3.99. The molecular formula is C14H21FO. The minimum Gasteiger partial charge on any atom is -0.493 e. The van der Waals surface area contributed by atoms with Crippen molar-refractivity contribution in [2.45, 2.75) is 40.0 Å². The largest absolute Gasteiger partial charge is 0.493 e. The molecule has 16 heavy (non-hydrogen) atoms. The smallest absolute Gasteiger partial charge is 0.125 e. The van der Waals surface area contributed by atoms with Crippen molar-refractivity contribution in [2.75, 3.05) is 13.3 Å². The van der Waals surface area contributed by atoms with Gasteiger partial charge in [-0.05, 0) is 44.2 Å². The Balaban J connectivity index is 2.91. The normalized spacial score (nSPS) is 10.5. The van der Waals surface area contributed by atoms with Gasteiger partial charge in [-0.1, -0.05) is 24.6 Å². The maximum Gasteiger partial charge on any atom is 0.125 e. The molecule has 1 rings (SSSR count). The van der Waals surface area contributed by atoms with Crippen LogP contribution in [0.25, 0.3) is 0 Å². The second-order valence-corrected chi connectivity index (χ2v) is 4.21. The Kier molecular flexibility index (Phi) is 5.30. The Bertz CT molecular complexity index is 334. The van der Waals surface area contributed by atoms with Crippen LogP contribution in [0.4, 0.5) is 4.39 Å². The Morgan fingerprint density at radius 3 is 2.62 bits per heavy atom. The molecule has 1 nitrogen and oxygen atoms in total. The van der Waals surface area contributed by atoms with Crippen molar-refractivity contribution in [3.63, 3.8) is 0 Å². The summed E-state index contributed by atoms with van der Waals surface area (Å²) in [6, 6.07) is 4.22. The summed E-state index contributed by atoms with van der Waals surface area (Å²) in [6.07, 6.45) is 2.33. The molecule has 0 aromatic heterocycles. The summed E-state index contributed by atoms with van der Waals surface area (Å²) in [6.45, 7) is 6.67. The number of aryl methyl sites for hydroxylation is 3. The van der Waals surface area contributed by atoms with Gasteiger partial charge in [-0.3, -0.25) is 4.39 Å². The summed E-state index contributed by atoms with van der Waals surface area (Å²) in [4.78, 5) is 0. The summed E-state index contributed by atoms with van der Waals surface area (Å²) in [5, 5.41) is 0. The molecule has 1 aromatic carbocycles. The molecule has 0 amide bonds. The van der Waals surface area contributed by atoms with E-state index < -0.39 is 0 Å². The molecule has 0 N–H and O–H groups in total. The van der Waals surface area contributed by atoms with Crippen molar-refractivity contribution in [3.8, 4) is 5.75 Å². The van der Waals surface area contributed by atoms with E-state index in [1.807, 2.05) is 0 Å². The molecule has 0 aliphatic carbocycles. The third kappa shape index (κ3) is 3.51. The minimum absolute atomic E-state index is 0.264. The van der Waals surface area contributed by atoms with Crippen molar-refractivity contribution in [1.82, 2.24) is 0 Å². The van der Waals surface area contributed by atoms with Crippen LogP contribution in [-0.2, 0) is 6.42 Å². The van der Waals surface area contributed by atoms with Gasteiger partial charge in [0.05, 0.1) is 13.3 Å². The van der Waals surface area contributed by atoms with Gasteiger partial charge in [0.1, 0.15) is 5.75 Å². The first-order valence-corrected chi connectivity index (χ1v) is 5.98. The molecule has 2 heteroatoms. The van der Waals surface area contributed by atoms with Gasteiger partial charge in [0, 0.05) is 0 Å². The monoisotopic (exact) mass is 224 g/mol. The van der Waals surface area contributed by atoms with E-state index in [1.165, 1.54) is 5.56 Å². The molecule has 1 aromatic rings. The van der Waals surface area contributed by atoms with E-state index in [0.29, 0.717) is 6.42 Å². The van der Waals surface area contributed by atoms with Crippen molar-refractivity contribution in [2.24, 2.45) is 0 Å². The van der Waals surface area contributed by atoms with E-state index in [1.54, 1.807) is 0 Å². The standard InChI is InChI=1S/C14H21FO/c1-4-8-16-14-12(3)9-11(2)10-13(14)6-5-7-15/h9-10H,4-8H2,1-3H3. The first kappa shape index (κ1) is 13.0. The van der Waals surface area contributed by atoms with Crippen LogP contribution in [0.15, 0.2) is 12.1 Å². The highest BCUT2D eigenvalue weighted by molar-refractivity contribution is 5.43. The molecule has 0 aliphatic heterocycles. The van der Waals surface area contributed by atoms with Crippen molar-refractivity contribution >= 4 is 0 Å². The fourth-order valence-corrected chi connectivity index (χ4v) is 1.90. The number of alkyl halides is 1. The number of hydrogen-bond donors (Lipinski definition) is 0. The van der Waals surface area contributed by atoms with Crippen molar-refractivity contribution in [1.29, 1.82) is 0 Å². The topological polar surface area (TPSA) is 9.23 Å². The predicted molar refractivity (Wildman–Crippen MR) is 66.0 cm³/mol. The first-order valence-electron chi connectivity index (χ1n) is 5.98. The van der Waals surface area contributed by atoms with Gasteiger partial charge in [-0.2, -0.15) is 0 Å². The van der Waals surface area contributed by atoms with Gasteiger partial charge in [-0.25, -0.2) is 0 Å². The Morgan fingerprint density at radius 2 is 2.00 bits per heavy atom. The summed E-state index contributed by atoms with van der Waals surface area (Å²) in [7, 11) is 0. The number of hydrogen-bond acceptors (Lipinski definition) is 1. The molecule has 0 spiro atoms. The molecule has 0 radical (unpaired) electrons. The highest BCUT2D eigenvalue weighted by Crippen LogP contribution is 2.26. The molecular weight excluding hydrogens is 203 g/mol. The van der Waals surface area contributed by atoms with E-state index in [9.17, 15) is 4.39 Å². The van der Waals surface area contributed by atoms with Crippen molar-refractivity contribution < 1.29 is 9.13 Å². The lowest BCUT2D eigenvalue weighted by Gasteiger charge is -2.14. The van der Waals surface area contributed by atoms with Gasteiger partial charge in [-0.15, -0.1) is 0 Å². The number of rotatable bonds is 6. The maximum absolute atomic E-state index is 12.2. The number of ether oxygens (including phenoxy) is 1. The summed E-state index contributed by atoms with van der Waals surface area (Å²) in [5.74, 6) is 0.959. The quantitative estimate of drug-likeness (QED) is 0.709. The van der Waals surface area contributed by atoms with Crippen LogP contribution in [0.5, 0.6) is 5.75 Å². The second kappa shape index (κ2) is 6.51. The van der Waals surface area contributed by atoms with Gasteiger partial charge in [0.2, 0.25) is 0 Å².